The zero-order valence-electron chi connectivity index (χ0n) is 10.3. The van der Waals surface area contributed by atoms with Crippen molar-refractivity contribution in [3.05, 3.63) is 42.5 Å². The lowest BCUT2D eigenvalue weighted by atomic mass is 10.3. The van der Waals surface area contributed by atoms with Crippen LogP contribution in [0.15, 0.2) is 57.0 Å². The molecule has 0 bridgehead atoms. The van der Waals surface area contributed by atoms with Crippen LogP contribution in [0, 0.1) is 0 Å². The molecule has 19 heavy (non-hydrogen) atoms. The molecule has 0 saturated heterocycles. The Bertz CT molecular complexity index is 707. The number of hydrogen-bond donors (Lipinski definition) is 1. The van der Waals surface area contributed by atoms with Gasteiger partial charge in [0.15, 0.2) is 5.58 Å². The monoisotopic (exact) mass is 272 g/mol. The van der Waals surface area contributed by atoms with E-state index in [0.717, 1.165) is 21.7 Å². The maximum atomic E-state index is 5.72. The number of oxazole rings is 1. The molecule has 0 amide bonds. The maximum absolute atomic E-state index is 5.72. The Morgan fingerprint density at radius 1 is 1.16 bits per heavy atom. The highest BCUT2D eigenvalue weighted by Gasteiger charge is 2.07. The second-order valence-corrected chi connectivity index (χ2v) is 5.01. The smallest absolute Gasteiger partial charge is 0.261 e. The van der Waals surface area contributed by atoms with E-state index in [9.17, 15) is 0 Å². The Labute approximate surface area is 114 Å². The molecule has 0 saturated carbocycles. The number of nitrogens with zero attached hydrogens (tertiary/aromatic N) is 1. The highest BCUT2D eigenvalue weighted by atomic mass is 32.2. The van der Waals surface area contributed by atoms with Gasteiger partial charge in [0.25, 0.3) is 5.22 Å². The van der Waals surface area contributed by atoms with Gasteiger partial charge in [0.1, 0.15) is 11.3 Å². The Balaban J connectivity index is 1.87. The average molecular weight is 272 g/mol. The van der Waals surface area contributed by atoms with Crippen LogP contribution in [-0.4, -0.2) is 12.1 Å². The molecule has 0 fully saturated rings. The predicted octanol–water partition coefficient (Wildman–Crippen LogP) is 3.57. The largest absolute Gasteiger partial charge is 0.497 e. The SMILES string of the molecule is COc1ccc(Sc2nc3cc(N)ccc3o2)cc1. The van der Waals surface area contributed by atoms with Crippen molar-refractivity contribution in [1.82, 2.24) is 4.98 Å². The van der Waals surface area contributed by atoms with Gasteiger partial charge in [0, 0.05) is 10.6 Å². The molecule has 3 rings (SSSR count). The molecule has 2 N–H and O–H groups in total. The lowest BCUT2D eigenvalue weighted by Gasteiger charge is -2.00. The van der Waals surface area contributed by atoms with Gasteiger partial charge >= 0.3 is 0 Å². The van der Waals surface area contributed by atoms with Crippen molar-refractivity contribution in [3.63, 3.8) is 0 Å². The van der Waals surface area contributed by atoms with Crippen molar-refractivity contribution < 1.29 is 9.15 Å². The minimum Gasteiger partial charge on any atom is -0.497 e. The molecule has 3 aromatic rings. The number of nitrogen functional groups attached to an aromatic ring is 1. The summed E-state index contributed by atoms with van der Waals surface area (Å²) in [6, 6.07) is 13.2. The van der Waals surface area contributed by atoms with E-state index in [4.69, 9.17) is 14.9 Å². The van der Waals surface area contributed by atoms with Gasteiger partial charge in [-0.1, -0.05) is 0 Å². The molecule has 1 heterocycles. The van der Waals surface area contributed by atoms with Crippen LogP contribution in [0.2, 0.25) is 0 Å². The summed E-state index contributed by atoms with van der Waals surface area (Å²) < 4.78 is 10.8. The summed E-state index contributed by atoms with van der Waals surface area (Å²) in [5.74, 6) is 0.828. The van der Waals surface area contributed by atoms with Gasteiger partial charge in [-0.3, -0.25) is 0 Å². The molecule has 0 radical (unpaired) electrons. The first-order chi connectivity index (χ1) is 9.24. The summed E-state index contributed by atoms with van der Waals surface area (Å²) in [4.78, 5) is 5.44. The maximum Gasteiger partial charge on any atom is 0.261 e. The molecule has 96 valence electrons. The first-order valence-corrected chi connectivity index (χ1v) is 6.54. The lowest BCUT2D eigenvalue weighted by molar-refractivity contribution is 0.414. The molecule has 0 aliphatic heterocycles. The minimum atomic E-state index is 0.603. The fourth-order valence-electron chi connectivity index (χ4n) is 1.71. The Morgan fingerprint density at radius 3 is 2.68 bits per heavy atom. The van der Waals surface area contributed by atoms with Gasteiger partial charge in [-0.2, -0.15) is 0 Å². The zero-order chi connectivity index (χ0) is 13.2. The van der Waals surface area contributed by atoms with Gasteiger partial charge in [0.05, 0.1) is 7.11 Å². The lowest BCUT2D eigenvalue weighted by Crippen LogP contribution is -1.82. The number of anilines is 1. The summed E-state index contributed by atoms with van der Waals surface area (Å²) in [5, 5.41) is 0.603. The van der Waals surface area contributed by atoms with E-state index in [1.807, 2.05) is 30.3 Å². The molecule has 2 aromatic carbocycles. The summed E-state index contributed by atoms with van der Waals surface area (Å²) in [7, 11) is 1.65. The Morgan fingerprint density at radius 2 is 1.95 bits per heavy atom. The van der Waals surface area contributed by atoms with E-state index in [-0.39, 0.29) is 0 Å². The molecule has 0 atom stereocenters. The number of nitrogens with two attached hydrogens (primary N) is 1. The summed E-state index contributed by atoms with van der Waals surface area (Å²) in [6.07, 6.45) is 0. The van der Waals surface area contributed by atoms with Crippen molar-refractivity contribution in [2.45, 2.75) is 10.1 Å². The summed E-state index contributed by atoms with van der Waals surface area (Å²) >= 11 is 1.46. The third-order valence-corrected chi connectivity index (χ3v) is 3.51. The van der Waals surface area contributed by atoms with Gasteiger partial charge in [-0.05, 0) is 54.2 Å². The first kappa shape index (κ1) is 11.9. The molecular weight excluding hydrogens is 260 g/mol. The van der Waals surface area contributed by atoms with Crippen LogP contribution in [0.25, 0.3) is 11.1 Å². The van der Waals surface area contributed by atoms with Crippen LogP contribution in [0.1, 0.15) is 0 Å². The third kappa shape index (κ3) is 2.51. The normalized spacial score (nSPS) is 10.8. The van der Waals surface area contributed by atoms with Crippen molar-refractivity contribution >= 4 is 28.5 Å². The molecule has 0 unspecified atom stereocenters. The first-order valence-electron chi connectivity index (χ1n) is 5.72. The fraction of sp³-hybridized carbons (Fsp3) is 0.0714. The molecule has 1 aromatic heterocycles. The predicted molar refractivity (Wildman–Crippen MR) is 75.5 cm³/mol. The quantitative estimate of drug-likeness (QED) is 0.738. The standard InChI is InChI=1S/C14H12N2O2S/c1-17-10-3-5-11(6-4-10)19-14-16-12-8-9(15)2-7-13(12)18-14/h2-8H,15H2,1H3. The summed E-state index contributed by atoms with van der Waals surface area (Å²) in [6.45, 7) is 0. The number of methoxy groups -OCH3 is 1. The van der Waals surface area contributed by atoms with E-state index in [1.165, 1.54) is 11.8 Å². The number of ether oxygens (including phenoxy) is 1. The average Bonchev–Trinajstić information content (AvgIpc) is 2.81. The van der Waals surface area contributed by atoms with Crippen LogP contribution in [-0.2, 0) is 0 Å². The Kier molecular flexibility index (Phi) is 3.05. The van der Waals surface area contributed by atoms with Crippen LogP contribution >= 0.6 is 11.8 Å². The van der Waals surface area contributed by atoms with Crippen LogP contribution in [0.4, 0.5) is 5.69 Å². The number of hydrogen-bond acceptors (Lipinski definition) is 5. The van der Waals surface area contributed by atoms with Crippen molar-refractivity contribution in [1.29, 1.82) is 0 Å². The van der Waals surface area contributed by atoms with Gasteiger partial charge < -0.3 is 14.9 Å². The Hall–Kier alpha value is -2.14. The van der Waals surface area contributed by atoms with Crippen LogP contribution < -0.4 is 10.5 Å². The van der Waals surface area contributed by atoms with E-state index in [0.29, 0.717) is 10.9 Å². The molecule has 0 spiro atoms. The molecule has 0 aliphatic rings. The number of rotatable bonds is 3. The number of aromatic nitrogens is 1. The van der Waals surface area contributed by atoms with Gasteiger partial charge in [-0.25, -0.2) is 4.98 Å². The van der Waals surface area contributed by atoms with Gasteiger partial charge in [0.2, 0.25) is 0 Å². The number of benzene rings is 2. The van der Waals surface area contributed by atoms with Crippen molar-refractivity contribution in [2.75, 3.05) is 12.8 Å². The van der Waals surface area contributed by atoms with E-state index in [1.54, 1.807) is 19.2 Å². The van der Waals surface area contributed by atoms with Crippen molar-refractivity contribution in [3.8, 4) is 5.75 Å². The molecular formula is C14H12N2O2S. The molecule has 4 nitrogen and oxygen atoms in total. The van der Waals surface area contributed by atoms with E-state index >= 15 is 0 Å². The second kappa shape index (κ2) is 4.85. The van der Waals surface area contributed by atoms with E-state index < -0.39 is 0 Å². The van der Waals surface area contributed by atoms with Gasteiger partial charge in [-0.15, -0.1) is 0 Å². The highest BCUT2D eigenvalue weighted by Crippen LogP contribution is 2.31. The summed E-state index contributed by atoms with van der Waals surface area (Å²) in [5.41, 5.74) is 7.91. The third-order valence-electron chi connectivity index (χ3n) is 2.66. The molecule has 5 heteroatoms. The van der Waals surface area contributed by atoms with Crippen LogP contribution in [0.5, 0.6) is 5.75 Å². The van der Waals surface area contributed by atoms with Crippen LogP contribution in [0.3, 0.4) is 0 Å². The fourth-order valence-corrected chi connectivity index (χ4v) is 2.46. The van der Waals surface area contributed by atoms with E-state index in [2.05, 4.69) is 4.98 Å². The van der Waals surface area contributed by atoms with Crippen molar-refractivity contribution in [2.24, 2.45) is 0 Å². The zero-order valence-corrected chi connectivity index (χ0v) is 11.1. The minimum absolute atomic E-state index is 0.603. The highest BCUT2D eigenvalue weighted by molar-refractivity contribution is 7.99. The topological polar surface area (TPSA) is 61.3 Å². The number of fused-ring (bicyclic) bond motifs is 1. The second-order valence-electron chi connectivity index (χ2n) is 3.98. The molecule has 0 aliphatic carbocycles.